The summed E-state index contributed by atoms with van der Waals surface area (Å²) in [5.41, 5.74) is -1.11. The molecule has 3 nitrogen and oxygen atoms in total. The summed E-state index contributed by atoms with van der Waals surface area (Å²) in [4.78, 5) is 11.6. The molecule has 1 aliphatic heterocycles. The molecule has 0 radical (unpaired) electrons. The highest BCUT2D eigenvalue weighted by Crippen LogP contribution is 2.39. The summed E-state index contributed by atoms with van der Waals surface area (Å²) >= 11 is 0. The molecule has 2 rings (SSSR count). The van der Waals surface area contributed by atoms with Crippen molar-refractivity contribution in [1.82, 2.24) is 0 Å². The lowest BCUT2D eigenvalue weighted by Crippen LogP contribution is -2.41. The Morgan fingerprint density at radius 3 is 2.35 bits per heavy atom. The molecule has 0 aromatic heterocycles. The molecule has 20 heavy (non-hydrogen) atoms. The summed E-state index contributed by atoms with van der Waals surface area (Å²) in [6, 6.07) is 3.25. The molecule has 0 aliphatic carbocycles. The second-order valence-electron chi connectivity index (χ2n) is 5.03. The maximum Gasteiger partial charge on any atom is 0.416 e. The highest BCUT2D eigenvalue weighted by Gasteiger charge is 2.43. The number of hydrogen-bond acceptors (Lipinski definition) is 2. The van der Waals surface area contributed by atoms with E-state index in [0.29, 0.717) is 24.3 Å². The molecule has 1 saturated heterocycles. The van der Waals surface area contributed by atoms with E-state index in [1.54, 1.807) is 0 Å². The molecule has 1 fully saturated rings. The molecule has 0 unspecified atom stereocenters. The number of aliphatic carboxylic acids is 1. The van der Waals surface area contributed by atoms with Crippen molar-refractivity contribution in [3.8, 4) is 0 Å². The van der Waals surface area contributed by atoms with Gasteiger partial charge in [0.1, 0.15) is 0 Å². The first-order valence-electron chi connectivity index (χ1n) is 6.27. The van der Waals surface area contributed by atoms with Crippen LogP contribution in [0.2, 0.25) is 0 Å². The lowest BCUT2D eigenvalue weighted by Gasteiger charge is -2.34. The number of aryl methyl sites for hydroxylation is 1. The highest BCUT2D eigenvalue weighted by atomic mass is 19.4. The Morgan fingerprint density at radius 2 is 1.90 bits per heavy atom. The molecular formula is C14H15F3O3. The summed E-state index contributed by atoms with van der Waals surface area (Å²) < 4.78 is 43.1. The minimum Gasteiger partial charge on any atom is -0.481 e. The topological polar surface area (TPSA) is 46.5 Å². The Kier molecular flexibility index (Phi) is 3.77. The third kappa shape index (κ3) is 2.52. The van der Waals surface area contributed by atoms with Crippen molar-refractivity contribution in [2.24, 2.45) is 0 Å². The van der Waals surface area contributed by atoms with Crippen LogP contribution in [0, 0.1) is 6.92 Å². The number of ether oxygens (including phenoxy) is 1. The standard InChI is InChI=1S/C14H15F3O3/c1-9-8-10(14(15,16)17)2-3-11(9)13(12(18)19)4-6-20-7-5-13/h2-3,8H,4-7H2,1H3,(H,18,19). The number of rotatable bonds is 2. The second kappa shape index (κ2) is 5.09. The van der Waals surface area contributed by atoms with Crippen LogP contribution in [0.3, 0.4) is 0 Å². The highest BCUT2D eigenvalue weighted by molar-refractivity contribution is 5.82. The van der Waals surface area contributed by atoms with Crippen LogP contribution in [0.1, 0.15) is 29.5 Å². The molecule has 0 atom stereocenters. The number of alkyl halides is 3. The number of halogens is 3. The van der Waals surface area contributed by atoms with E-state index in [9.17, 15) is 23.1 Å². The summed E-state index contributed by atoms with van der Waals surface area (Å²) in [6.07, 6.45) is -3.88. The van der Waals surface area contributed by atoms with Crippen molar-refractivity contribution in [2.45, 2.75) is 31.4 Å². The van der Waals surface area contributed by atoms with E-state index in [4.69, 9.17) is 4.74 Å². The molecule has 0 amide bonds. The Balaban J connectivity index is 2.48. The number of benzene rings is 1. The van der Waals surface area contributed by atoms with E-state index >= 15 is 0 Å². The predicted molar refractivity (Wildman–Crippen MR) is 65.5 cm³/mol. The maximum atomic E-state index is 12.7. The fourth-order valence-electron chi connectivity index (χ4n) is 2.70. The zero-order valence-corrected chi connectivity index (χ0v) is 11.0. The Morgan fingerprint density at radius 1 is 1.30 bits per heavy atom. The Bertz CT molecular complexity index is 517. The molecular weight excluding hydrogens is 273 g/mol. The second-order valence-corrected chi connectivity index (χ2v) is 5.03. The van der Waals surface area contributed by atoms with Crippen molar-refractivity contribution in [3.63, 3.8) is 0 Å². The molecule has 1 N–H and O–H groups in total. The van der Waals surface area contributed by atoms with Gasteiger partial charge in [0.25, 0.3) is 0 Å². The van der Waals surface area contributed by atoms with E-state index in [2.05, 4.69) is 0 Å². The van der Waals surface area contributed by atoms with E-state index < -0.39 is 23.1 Å². The molecule has 1 aromatic rings. The monoisotopic (exact) mass is 288 g/mol. The van der Waals surface area contributed by atoms with Gasteiger partial charge in [-0.25, -0.2) is 0 Å². The van der Waals surface area contributed by atoms with E-state index in [1.165, 1.54) is 13.0 Å². The van der Waals surface area contributed by atoms with Crippen LogP contribution in [0.25, 0.3) is 0 Å². The number of carboxylic acids is 1. The first kappa shape index (κ1) is 14.8. The quantitative estimate of drug-likeness (QED) is 0.909. The smallest absolute Gasteiger partial charge is 0.416 e. The van der Waals surface area contributed by atoms with Crippen molar-refractivity contribution in [2.75, 3.05) is 13.2 Å². The van der Waals surface area contributed by atoms with Crippen molar-refractivity contribution < 1.29 is 27.8 Å². The predicted octanol–water partition coefficient (Wildman–Crippen LogP) is 3.15. The van der Waals surface area contributed by atoms with Gasteiger partial charge in [0.2, 0.25) is 0 Å². The summed E-state index contributed by atoms with van der Waals surface area (Å²) in [5.74, 6) is -1.01. The first-order valence-corrected chi connectivity index (χ1v) is 6.27. The van der Waals surface area contributed by atoms with Crippen LogP contribution in [0.15, 0.2) is 18.2 Å². The number of carbonyl (C=O) groups is 1. The minimum absolute atomic E-state index is 0.272. The van der Waals surface area contributed by atoms with Gasteiger partial charge in [0.05, 0.1) is 11.0 Å². The number of carboxylic acid groups (broad SMARTS) is 1. The zero-order valence-electron chi connectivity index (χ0n) is 11.0. The number of hydrogen-bond donors (Lipinski definition) is 1. The van der Waals surface area contributed by atoms with E-state index in [0.717, 1.165) is 12.1 Å². The molecule has 0 spiro atoms. The molecule has 6 heteroatoms. The van der Waals surface area contributed by atoms with Crippen LogP contribution < -0.4 is 0 Å². The Labute approximate surface area is 114 Å². The van der Waals surface area contributed by atoms with Crippen molar-refractivity contribution in [1.29, 1.82) is 0 Å². The van der Waals surface area contributed by atoms with Crippen LogP contribution in [0.4, 0.5) is 13.2 Å². The van der Waals surface area contributed by atoms with Crippen molar-refractivity contribution in [3.05, 3.63) is 34.9 Å². The average Bonchev–Trinajstić information content (AvgIpc) is 2.38. The van der Waals surface area contributed by atoms with Gasteiger partial charge in [0.15, 0.2) is 0 Å². The average molecular weight is 288 g/mol. The summed E-state index contributed by atoms with van der Waals surface area (Å²) in [5, 5.41) is 9.52. The third-order valence-corrected chi connectivity index (χ3v) is 3.83. The van der Waals surface area contributed by atoms with Gasteiger partial charge in [-0.15, -0.1) is 0 Å². The van der Waals surface area contributed by atoms with Gasteiger partial charge in [-0.3, -0.25) is 4.79 Å². The minimum atomic E-state index is -4.42. The van der Waals surface area contributed by atoms with Gasteiger partial charge >= 0.3 is 12.1 Å². The largest absolute Gasteiger partial charge is 0.481 e. The van der Waals surface area contributed by atoms with Gasteiger partial charge in [-0.2, -0.15) is 13.2 Å². The van der Waals surface area contributed by atoms with E-state index in [-0.39, 0.29) is 12.8 Å². The van der Waals surface area contributed by atoms with E-state index in [1.807, 2.05) is 0 Å². The SMILES string of the molecule is Cc1cc(C(F)(F)F)ccc1C1(C(=O)O)CCOCC1. The Hall–Kier alpha value is -1.56. The van der Waals surface area contributed by atoms with Crippen molar-refractivity contribution >= 4 is 5.97 Å². The van der Waals surface area contributed by atoms with Gasteiger partial charge in [0, 0.05) is 13.2 Å². The van der Waals surface area contributed by atoms with Gasteiger partial charge < -0.3 is 9.84 Å². The molecule has 0 saturated carbocycles. The summed E-state index contributed by atoms with van der Waals surface area (Å²) in [7, 11) is 0. The normalized spacial score (nSPS) is 18.8. The van der Waals surface area contributed by atoms with Gasteiger partial charge in [-0.1, -0.05) is 6.07 Å². The molecule has 0 bridgehead atoms. The lowest BCUT2D eigenvalue weighted by atomic mass is 9.72. The van der Waals surface area contributed by atoms with Gasteiger partial charge in [-0.05, 0) is 43.0 Å². The van der Waals surface area contributed by atoms with Crippen LogP contribution >= 0.6 is 0 Å². The first-order chi connectivity index (χ1) is 9.27. The van der Waals surface area contributed by atoms with Crippen LogP contribution in [-0.2, 0) is 21.1 Å². The molecule has 110 valence electrons. The fourth-order valence-corrected chi connectivity index (χ4v) is 2.70. The lowest BCUT2D eigenvalue weighted by molar-refractivity contribution is -0.147. The molecule has 1 aromatic carbocycles. The third-order valence-electron chi connectivity index (χ3n) is 3.83. The summed E-state index contributed by atoms with van der Waals surface area (Å²) in [6.45, 7) is 2.12. The van der Waals surface area contributed by atoms with Crippen LogP contribution in [-0.4, -0.2) is 24.3 Å². The molecule has 1 heterocycles. The fraction of sp³-hybridized carbons (Fsp3) is 0.500. The molecule has 1 aliphatic rings. The van der Waals surface area contributed by atoms with Crippen LogP contribution in [0.5, 0.6) is 0 Å². The zero-order chi connectivity index (χ0) is 15.0. The maximum absolute atomic E-state index is 12.7.